The third-order valence-electron chi connectivity index (χ3n) is 3.57. The highest BCUT2D eigenvalue weighted by Gasteiger charge is 2.45. The summed E-state index contributed by atoms with van der Waals surface area (Å²) in [5.41, 5.74) is 1.08. The molecule has 1 aliphatic rings. The van der Waals surface area contributed by atoms with Gasteiger partial charge in [-0.25, -0.2) is 0 Å². The second-order valence-electron chi connectivity index (χ2n) is 5.60. The van der Waals surface area contributed by atoms with Crippen molar-refractivity contribution in [1.82, 2.24) is 0 Å². The molecule has 0 spiro atoms. The SMILES string of the molecule is CC[CH]C1C(C)(C)CCC1(C)C. The second kappa shape index (κ2) is 3.05. The molecule has 0 N–H and O–H groups in total. The highest BCUT2D eigenvalue weighted by Crippen LogP contribution is 2.55. The quantitative estimate of drug-likeness (QED) is 0.581. The van der Waals surface area contributed by atoms with Crippen LogP contribution in [-0.4, -0.2) is 0 Å². The Balaban J connectivity index is 2.74. The molecular weight excluding hydrogens is 144 g/mol. The minimum Gasteiger partial charge on any atom is -0.0651 e. The maximum atomic E-state index is 2.52. The summed E-state index contributed by atoms with van der Waals surface area (Å²) in [6, 6.07) is 0. The molecule has 0 aromatic rings. The van der Waals surface area contributed by atoms with Crippen molar-refractivity contribution >= 4 is 0 Å². The molecule has 0 saturated heterocycles. The summed E-state index contributed by atoms with van der Waals surface area (Å²) in [7, 11) is 0. The first kappa shape index (κ1) is 10.1. The second-order valence-corrected chi connectivity index (χ2v) is 5.60. The van der Waals surface area contributed by atoms with E-state index in [2.05, 4.69) is 41.0 Å². The Kier molecular flexibility index (Phi) is 2.56. The van der Waals surface area contributed by atoms with Crippen molar-refractivity contribution in [3.8, 4) is 0 Å². The van der Waals surface area contributed by atoms with E-state index < -0.39 is 0 Å². The maximum Gasteiger partial charge on any atom is -0.0280 e. The van der Waals surface area contributed by atoms with Gasteiger partial charge in [-0.2, -0.15) is 0 Å². The molecule has 1 rings (SSSR count). The third-order valence-corrected chi connectivity index (χ3v) is 3.57. The summed E-state index contributed by atoms with van der Waals surface area (Å²) >= 11 is 0. The first-order chi connectivity index (χ1) is 5.40. The molecule has 0 atom stereocenters. The molecule has 0 heterocycles. The molecule has 1 saturated carbocycles. The Bertz CT molecular complexity index is 137. The molecule has 0 unspecified atom stereocenters. The molecule has 0 amide bonds. The van der Waals surface area contributed by atoms with Crippen LogP contribution < -0.4 is 0 Å². The molecule has 12 heavy (non-hydrogen) atoms. The van der Waals surface area contributed by atoms with Crippen LogP contribution in [0.2, 0.25) is 0 Å². The van der Waals surface area contributed by atoms with Crippen LogP contribution in [0.15, 0.2) is 0 Å². The Morgan fingerprint density at radius 2 is 1.50 bits per heavy atom. The Morgan fingerprint density at radius 1 is 1.08 bits per heavy atom. The Labute approximate surface area is 77.7 Å². The van der Waals surface area contributed by atoms with Crippen molar-refractivity contribution < 1.29 is 0 Å². The van der Waals surface area contributed by atoms with E-state index in [0.717, 1.165) is 5.92 Å². The summed E-state index contributed by atoms with van der Waals surface area (Å²) in [5, 5.41) is 0. The summed E-state index contributed by atoms with van der Waals surface area (Å²) in [6.07, 6.45) is 6.52. The number of hydrogen-bond donors (Lipinski definition) is 0. The zero-order chi connectivity index (χ0) is 9.41. The van der Waals surface area contributed by atoms with Gasteiger partial charge in [-0.05, 0) is 36.0 Å². The average molecular weight is 167 g/mol. The van der Waals surface area contributed by atoms with Crippen LogP contribution in [0.5, 0.6) is 0 Å². The van der Waals surface area contributed by atoms with Crippen molar-refractivity contribution in [1.29, 1.82) is 0 Å². The van der Waals surface area contributed by atoms with Crippen molar-refractivity contribution in [2.45, 2.75) is 53.9 Å². The van der Waals surface area contributed by atoms with Crippen LogP contribution in [0, 0.1) is 23.2 Å². The van der Waals surface area contributed by atoms with Gasteiger partial charge in [0.25, 0.3) is 0 Å². The fourth-order valence-corrected chi connectivity index (χ4v) is 2.89. The Hall–Kier alpha value is 0. The smallest absolute Gasteiger partial charge is 0.0280 e. The molecular formula is C12H23. The largest absolute Gasteiger partial charge is 0.0651 e. The van der Waals surface area contributed by atoms with Crippen LogP contribution in [-0.2, 0) is 0 Å². The van der Waals surface area contributed by atoms with E-state index in [1.807, 2.05) is 0 Å². The monoisotopic (exact) mass is 167 g/mol. The van der Waals surface area contributed by atoms with Gasteiger partial charge < -0.3 is 0 Å². The molecule has 0 aromatic heterocycles. The lowest BCUT2D eigenvalue weighted by Crippen LogP contribution is -2.27. The van der Waals surface area contributed by atoms with Gasteiger partial charge in [0.05, 0.1) is 0 Å². The molecule has 0 bridgehead atoms. The van der Waals surface area contributed by atoms with E-state index in [1.54, 1.807) is 0 Å². The van der Waals surface area contributed by atoms with Crippen LogP contribution in [0.4, 0.5) is 0 Å². The van der Waals surface area contributed by atoms with Crippen LogP contribution in [0.1, 0.15) is 53.9 Å². The maximum absolute atomic E-state index is 2.52. The van der Waals surface area contributed by atoms with Gasteiger partial charge in [0.2, 0.25) is 0 Å². The van der Waals surface area contributed by atoms with E-state index in [1.165, 1.54) is 19.3 Å². The highest BCUT2D eigenvalue weighted by molar-refractivity contribution is 5.01. The van der Waals surface area contributed by atoms with Crippen molar-refractivity contribution in [3.63, 3.8) is 0 Å². The lowest BCUT2D eigenvalue weighted by molar-refractivity contribution is 0.188. The predicted molar refractivity (Wildman–Crippen MR) is 54.9 cm³/mol. The van der Waals surface area contributed by atoms with Crippen molar-refractivity contribution in [3.05, 3.63) is 6.42 Å². The standard InChI is InChI=1S/C12H23/c1-6-7-10-11(2,3)8-9-12(10,4)5/h7,10H,6,8-9H2,1-5H3. The lowest BCUT2D eigenvalue weighted by atomic mass is 9.70. The number of hydrogen-bond acceptors (Lipinski definition) is 0. The molecule has 0 heteroatoms. The van der Waals surface area contributed by atoms with Gasteiger partial charge in [-0.1, -0.05) is 41.0 Å². The predicted octanol–water partition coefficient (Wildman–Crippen LogP) is 4.06. The molecule has 1 radical (unpaired) electrons. The normalized spacial score (nSPS) is 27.8. The molecule has 1 fully saturated rings. The van der Waals surface area contributed by atoms with Gasteiger partial charge >= 0.3 is 0 Å². The van der Waals surface area contributed by atoms with E-state index in [0.29, 0.717) is 10.8 Å². The minimum absolute atomic E-state index is 0.541. The van der Waals surface area contributed by atoms with E-state index >= 15 is 0 Å². The average Bonchev–Trinajstić information content (AvgIpc) is 2.13. The minimum atomic E-state index is 0.541. The summed E-state index contributed by atoms with van der Waals surface area (Å²) < 4.78 is 0. The van der Waals surface area contributed by atoms with Gasteiger partial charge in [0, 0.05) is 0 Å². The first-order valence-electron chi connectivity index (χ1n) is 5.23. The molecule has 0 aromatic carbocycles. The van der Waals surface area contributed by atoms with Crippen LogP contribution in [0.3, 0.4) is 0 Å². The fourth-order valence-electron chi connectivity index (χ4n) is 2.89. The summed E-state index contributed by atoms with van der Waals surface area (Å²) in [6.45, 7) is 11.9. The van der Waals surface area contributed by atoms with Crippen LogP contribution in [0.25, 0.3) is 0 Å². The van der Waals surface area contributed by atoms with E-state index in [9.17, 15) is 0 Å². The first-order valence-corrected chi connectivity index (χ1v) is 5.23. The van der Waals surface area contributed by atoms with Gasteiger partial charge in [0.15, 0.2) is 0 Å². The van der Waals surface area contributed by atoms with E-state index in [4.69, 9.17) is 0 Å². The van der Waals surface area contributed by atoms with Gasteiger partial charge in [-0.15, -0.1) is 0 Å². The van der Waals surface area contributed by atoms with Gasteiger partial charge in [-0.3, -0.25) is 0 Å². The third kappa shape index (κ3) is 1.67. The van der Waals surface area contributed by atoms with Crippen molar-refractivity contribution in [2.75, 3.05) is 0 Å². The zero-order valence-corrected chi connectivity index (χ0v) is 9.28. The summed E-state index contributed by atoms with van der Waals surface area (Å²) in [4.78, 5) is 0. The summed E-state index contributed by atoms with van der Waals surface area (Å²) in [5.74, 6) is 0.815. The van der Waals surface area contributed by atoms with Gasteiger partial charge in [0.1, 0.15) is 0 Å². The fraction of sp³-hybridized carbons (Fsp3) is 0.917. The Morgan fingerprint density at radius 3 is 1.83 bits per heavy atom. The molecule has 0 aliphatic heterocycles. The lowest BCUT2D eigenvalue weighted by Gasteiger charge is -2.35. The molecule has 71 valence electrons. The van der Waals surface area contributed by atoms with E-state index in [-0.39, 0.29) is 0 Å². The molecule has 1 aliphatic carbocycles. The highest BCUT2D eigenvalue weighted by atomic mass is 14.5. The number of rotatable bonds is 2. The van der Waals surface area contributed by atoms with Crippen molar-refractivity contribution in [2.24, 2.45) is 16.7 Å². The topological polar surface area (TPSA) is 0 Å². The zero-order valence-electron chi connectivity index (χ0n) is 9.28. The van der Waals surface area contributed by atoms with Crippen LogP contribution >= 0.6 is 0 Å². The molecule has 0 nitrogen and oxygen atoms in total.